The summed E-state index contributed by atoms with van der Waals surface area (Å²) >= 11 is 0. The lowest BCUT2D eigenvalue weighted by Gasteiger charge is -2.20. The van der Waals surface area contributed by atoms with Crippen molar-refractivity contribution in [3.8, 4) is 0 Å². The normalized spacial score (nSPS) is 21.5. The van der Waals surface area contributed by atoms with Gasteiger partial charge in [0.05, 0.1) is 0 Å². The number of aromatic nitrogens is 3. The molecular weight excluding hydrogens is 198 g/mol. The zero-order chi connectivity index (χ0) is 10.7. The number of hydrogen-bond donors (Lipinski definition) is 2. The Bertz CT molecular complexity index is 344. The Kier molecular flexibility index (Phi) is 2.96. The van der Waals surface area contributed by atoms with Gasteiger partial charge in [0.25, 0.3) is 5.82 Å². The molecule has 1 aromatic heterocycles. The molecule has 0 amide bonds. The lowest BCUT2D eigenvalue weighted by atomic mass is 9.98. The number of rotatable bonds is 3. The summed E-state index contributed by atoms with van der Waals surface area (Å²) in [5.41, 5.74) is 0. The van der Waals surface area contributed by atoms with Gasteiger partial charge in [-0.05, 0) is 18.8 Å². The highest BCUT2D eigenvalue weighted by Crippen LogP contribution is 2.16. The summed E-state index contributed by atoms with van der Waals surface area (Å²) in [6, 6.07) is 0. The molecule has 6 nitrogen and oxygen atoms in total. The van der Waals surface area contributed by atoms with E-state index in [1.165, 1.54) is 0 Å². The van der Waals surface area contributed by atoms with Crippen molar-refractivity contribution >= 4 is 5.97 Å². The van der Waals surface area contributed by atoms with Crippen LogP contribution >= 0.6 is 0 Å². The van der Waals surface area contributed by atoms with E-state index in [2.05, 4.69) is 15.2 Å². The van der Waals surface area contributed by atoms with Gasteiger partial charge in [0.15, 0.2) is 0 Å². The fourth-order valence-electron chi connectivity index (χ4n) is 1.72. The highest BCUT2D eigenvalue weighted by atomic mass is 16.5. The van der Waals surface area contributed by atoms with E-state index in [9.17, 15) is 4.79 Å². The summed E-state index contributed by atoms with van der Waals surface area (Å²) in [5.74, 6) is -0.213. The molecule has 0 aliphatic carbocycles. The van der Waals surface area contributed by atoms with Crippen LogP contribution in [-0.4, -0.2) is 39.5 Å². The Hall–Kier alpha value is -1.43. The van der Waals surface area contributed by atoms with Crippen LogP contribution < -0.4 is 0 Å². The molecule has 2 heterocycles. The zero-order valence-electron chi connectivity index (χ0n) is 8.27. The Morgan fingerprint density at radius 2 is 2.53 bits per heavy atom. The quantitative estimate of drug-likeness (QED) is 0.758. The van der Waals surface area contributed by atoms with E-state index in [4.69, 9.17) is 9.84 Å². The fourth-order valence-corrected chi connectivity index (χ4v) is 1.72. The van der Waals surface area contributed by atoms with Gasteiger partial charge in [-0.2, -0.15) is 0 Å². The van der Waals surface area contributed by atoms with E-state index in [0.29, 0.717) is 18.2 Å². The molecule has 15 heavy (non-hydrogen) atoms. The number of carboxylic acids is 1. The van der Waals surface area contributed by atoms with Crippen LogP contribution in [0.25, 0.3) is 0 Å². The SMILES string of the molecule is O=C(O)c1n[nH]c(CC2CCCOC2)n1. The molecule has 0 radical (unpaired) electrons. The number of nitrogens with zero attached hydrogens (tertiary/aromatic N) is 2. The molecule has 1 aliphatic rings. The maximum Gasteiger partial charge on any atom is 0.375 e. The van der Waals surface area contributed by atoms with Gasteiger partial charge in [-0.15, -0.1) is 5.10 Å². The van der Waals surface area contributed by atoms with Crippen molar-refractivity contribution in [1.82, 2.24) is 15.2 Å². The van der Waals surface area contributed by atoms with Gasteiger partial charge in [0, 0.05) is 19.6 Å². The van der Waals surface area contributed by atoms with Crippen LogP contribution in [0.4, 0.5) is 0 Å². The molecule has 6 heteroatoms. The van der Waals surface area contributed by atoms with E-state index in [0.717, 1.165) is 26.1 Å². The Labute approximate surface area is 86.7 Å². The average Bonchev–Trinajstić information content (AvgIpc) is 2.68. The minimum Gasteiger partial charge on any atom is -0.475 e. The second-order valence-corrected chi connectivity index (χ2v) is 3.70. The van der Waals surface area contributed by atoms with Crippen LogP contribution in [0.2, 0.25) is 0 Å². The molecule has 1 atom stereocenters. The summed E-state index contributed by atoms with van der Waals surface area (Å²) in [5, 5.41) is 14.9. The van der Waals surface area contributed by atoms with Gasteiger partial charge in [0.1, 0.15) is 5.82 Å². The first-order valence-electron chi connectivity index (χ1n) is 4.98. The fraction of sp³-hybridized carbons (Fsp3) is 0.667. The van der Waals surface area contributed by atoms with Crippen LogP contribution in [-0.2, 0) is 11.2 Å². The first-order valence-corrected chi connectivity index (χ1v) is 4.98. The highest BCUT2D eigenvalue weighted by molar-refractivity contribution is 5.82. The average molecular weight is 211 g/mol. The number of H-pyrrole nitrogens is 1. The summed E-state index contributed by atoms with van der Waals surface area (Å²) in [6.07, 6.45) is 2.87. The molecule has 1 fully saturated rings. The largest absolute Gasteiger partial charge is 0.475 e. The number of nitrogens with one attached hydrogen (secondary N) is 1. The van der Waals surface area contributed by atoms with Crippen molar-refractivity contribution in [2.24, 2.45) is 5.92 Å². The molecule has 0 aromatic carbocycles. The Morgan fingerprint density at radius 3 is 3.13 bits per heavy atom. The number of carbonyl (C=O) groups is 1. The van der Waals surface area contributed by atoms with Gasteiger partial charge in [0.2, 0.25) is 0 Å². The van der Waals surface area contributed by atoms with Gasteiger partial charge in [-0.1, -0.05) is 0 Å². The van der Waals surface area contributed by atoms with Gasteiger partial charge in [-0.3, -0.25) is 5.10 Å². The maximum absolute atomic E-state index is 10.5. The molecular formula is C9H13N3O3. The van der Waals surface area contributed by atoms with E-state index >= 15 is 0 Å². The smallest absolute Gasteiger partial charge is 0.375 e. The Balaban J connectivity index is 1.94. The summed E-state index contributed by atoms with van der Waals surface area (Å²) < 4.78 is 5.33. The Morgan fingerprint density at radius 1 is 1.67 bits per heavy atom. The maximum atomic E-state index is 10.5. The second kappa shape index (κ2) is 4.39. The number of aromatic carboxylic acids is 1. The van der Waals surface area contributed by atoms with Crippen molar-refractivity contribution < 1.29 is 14.6 Å². The van der Waals surface area contributed by atoms with Crippen LogP contribution in [0.5, 0.6) is 0 Å². The third kappa shape index (κ3) is 2.53. The predicted molar refractivity (Wildman–Crippen MR) is 50.6 cm³/mol. The molecule has 0 bridgehead atoms. The zero-order valence-corrected chi connectivity index (χ0v) is 8.27. The number of carboxylic acid groups (broad SMARTS) is 1. The van der Waals surface area contributed by atoms with E-state index < -0.39 is 5.97 Å². The van der Waals surface area contributed by atoms with Crippen molar-refractivity contribution in [1.29, 1.82) is 0 Å². The standard InChI is InChI=1S/C9H13N3O3/c13-9(14)8-10-7(11-12-8)4-6-2-1-3-15-5-6/h6H,1-5H2,(H,13,14)(H,10,11,12). The third-order valence-corrected chi connectivity index (χ3v) is 2.46. The molecule has 2 rings (SSSR count). The first-order chi connectivity index (χ1) is 7.25. The monoisotopic (exact) mass is 211 g/mol. The number of ether oxygens (including phenoxy) is 1. The first kappa shape index (κ1) is 10.1. The van der Waals surface area contributed by atoms with E-state index in [1.807, 2.05) is 0 Å². The topological polar surface area (TPSA) is 88.1 Å². The summed E-state index contributed by atoms with van der Waals surface area (Å²) in [4.78, 5) is 14.4. The van der Waals surface area contributed by atoms with Crippen LogP contribution in [0, 0.1) is 5.92 Å². The van der Waals surface area contributed by atoms with Gasteiger partial charge >= 0.3 is 5.97 Å². The second-order valence-electron chi connectivity index (χ2n) is 3.70. The van der Waals surface area contributed by atoms with E-state index in [1.54, 1.807) is 0 Å². The highest BCUT2D eigenvalue weighted by Gasteiger charge is 2.17. The number of hydrogen-bond acceptors (Lipinski definition) is 4. The molecule has 2 N–H and O–H groups in total. The summed E-state index contributed by atoms with van der Waals surface area (Å²) in [7, 11) is 0. The third-order valence-electron chi connectivity index (χ3n) is 2.46. The van der Waals surface area contributed by atoms with Crippen molar-refractivity contribution in [2.45, 2.75) is 19.3 Å². The van der Waals surface area contributed by atoms with Crippen LogP contribution in [0.15, 0.2) is 0 Å². The molecule has 1 aromatic rings. The molecule has 0 saturated carbocycles. The molecule has 0 spiro atoms. The van der Waals surface area contributed by atoms with Gasteiger partial charge < -0.3 is 9.84 Å². The van der Waals surface area contributed by atoms with Crippen molar-refractivity contribution in [3.63, 3.8) is 0 Å². The van der Waals surface area contributed by atoms with Crippen LogP contribution in [0.3, 0.4) is 0 Å². The lowest BCUT2D eigenvalue weighted by molar-refractivity contribution is 0.0543. The van der Waals surface area contributed by atoms with Crippen molar-refractivity contribution in [2.75, 3.05) is 13.2 Å². The minimum atomic E-state index is -1.10. The lowest BCUT2D eigenvalue weighted by Crippen LogP contribution is -2.19. The van der Waals surface area contributed by atoms with Gasteiger partial charge in [-0.25, -0.2) is 9.78 Å². The predicted octanol–water partition coefficient (Wildman–Crippen LogP) is 0.472. The van der Waals surface area contributed by atoms with E-state index in [-0.39, 0.29) is 5.82 Å². The molecule has 82 valence electrons. The molecule has 1 unspecified atom stereocenters. The molecule has 1 aliphatic heterocycles. The minimum absolute atomic E-state index is 0.165. The van der Waals surface area contributed by atoms with Crippen LogP contribution in [0.1, 0.15) is 29.3 Å². The summed E-state index contributed by atoms with van der Waals surface area (Å²) in [6.45, 7) is 1.55. The van der Waals surface area contributed by atoms with Crippen molar-refractivity contribution in [3.05, 3.63) is 11.6 Å². The molecule has 1 saturated heterocycles. The number of aromatic amines is 1.